The number of thiazole rings is 1. The molecule has 2 aliphatic rings. The summed E-state index contributed by atoms with van der Waals surface area (Å²) in [6, 6.07) is 15.1. The molecule has 6 rings (SSSR count). The Bertz CT molecular complexity index is 1630. The Hall–Kier alpha value is -4.24. The highest BCUT2D eigenvalue weighted by atomic mass is 32.1. The molecular formula is C28H21FN2O5S. The maximum atomic E-state index is 15.1. The number of Topliss-reactive ketones (excluding diaryl/α,β-unsaturated/α-hetero) is 1. The molecule has 3 aromatic carbocycles. The minimum Gasteiger partial charge on any atom is -0.507 e. The predicted octanol–water partition coefficient (Wildman–Crippen LogP) is 5.39. The number of halogens is 1. The third kappa shape index (κ3) is 3.74. The maximum Gasteiger partial charge on any atom is 0.301 e. The quantitative estimate of drug-likeness (QED) is 0.222. The summed E-state index contributed by atoms with van der Waals surface area (Å²) in [5, 5.41) is 11.6. The lowest BCUT2D eigenvalue weighted by Crippen LogP contribution is -2.29. The first-order valence-corrected chi connectivity index (χ1v) is 12.5. The lowest BCUT2D eigenvalue weighted by Gasteiger charge is -2.23. The van der Waals surface area contributed by atoms with Gasteiger partial charge in [-0.1, -0.05) is 29.5 Å². The number of fused-ring (bicyclic) bond motifs is 2. The van der Waals surface area contributed by atoms with Crippen LogP contribution in [0.3, 0.4) is 0 Å². The number of carbonyl (C=O) groups is 2. The number of hydrogen-bond acceptors (Lipinski definition) is 7. The molecule has 37 heavy (non-hydrogen) atoms. The Morgan fingerprint density at radius 1 is 1.16 bits per heavy atom. The molecule has 0 spiro atoms. The van der Waals surface area contributed by atoms with Gasteiger partial charge in [0.1, 0.15) is 35.2 Å². The number of carbonyl (C=O) groups excluding carboxylic acids is 2. The van der Waals surface area contributed by atoms with Gasteiger partial charge >= 0.3 is 5.91 Å². The van der Waals surface area contributed by atoms with E-state index in [1.54, 1.807) is 49.6 Å². The average Bonchev–Trinajstić information content (AvgIpc) is 3.55. The molecule has 1 saturated heterocycles. The fourth-order valence-electron chi connectivity index (χ4n) is 4.87. The van der Waals surface area contributed by atoms with Crippen molar-refractivity contribution in [1.29, 1.82) is 0 Å². The summed E-state index contributed by atoms with van der Waals surface area (Å²) in [4.78, 5) is 32.5. The van der Waals surface area contributed by atoms with E-state index in [1.807, 2.05) is 6.92 Å². The van der Waals surface area contributed by atoms with Crippen LogP contribution in [0.4, 0.5) is 9.52 Å². The van der Waals surface area contributed by atoms with Crippen LogP contribution in [0.5, 0.6) is 11.5 Å². The van der Waals surface area contributed by atoms with Crippen molar-refractivity contribution in [3.05, 3.63) is 88.7 Å². The SMILES string of the molecule is COc1ccc2nc(N3C(=O)C(=O)C(=C(O)c4ccc5c(c4)C[C@H](C)O5)[C@H]3c3ccccc3F)sc2c1. The number of rotatable bonds is 4. The largest absolute Gasteiger partial charge is 0.507 e. The minimum absolute atomic E-state index is 0.00551. The molecule has 0 aliphatic carbocycles. The van der Waals surface area contributed by atoms with Gasteiger partial charge in [0.25, 0.3) is 5.78 Å². The van der Waals surface area contributed by atoms with E-state index in [0.717, 1.165) is 10.3 Å². The standard InChI is InChI=1S/C28H21FN2O5S/c1-14-11-16-12-15(7-10-21(16)36-14)25(32)23-24(18-5-3-4-6-19(18)29)31(27(34)26(23)33)28-30-20-9-8-17(35-2)13-22(20)37-28/h3-10,12-14,24,32H,11H2,1-2H3/t14-,24+/m0/s1. The first-order chi connectivity index (χ1) is 17.9. The Balaban J connectivity index is 1.54. The summed E-state index contributed by atoms with van der Waals surface area (Å²) < 4.78 is 26.9. The molecule has 3 heterocycles. The summed E-state index contributed by atoms with van der Waals surface area (Å²) >= 11 is 1.18. The van der Waals surface area contributed by atoms with E-state index >= 15 is 4.39 Å². The summed E-state index contributed by atoms with van der Waals surface area (Å²) in [5.74, 6) is -1.46. The molecule has 4 aromatic rings. The normalized spacial score (nSPS) is 20.4. The van der Waals surface area contributed by atoms with Crippen molar-refractivity contribution in [3.8, 4) is 11.5 Å². The zero-order chi connectivity index (χ0) is 25.8. The molecular weight excluding hydrogens is 495 g/mol. The molecule has 2 aliphatic heterocycles. The minimum atomic E-state index is -1.20. The molecule has 0 bridgehead atoms. The van der Waals surface area contributed by atoms with E-state index in [4.69, 9.17) is 9.47 Å². The molecule has 0 radical (unpaired) electrons. The van der Waals surface area contributed by atoms with Gasteiger partial charge in [0.2, 0.25) is 0 Å². The molecule has 1 N–H and O–H groups in total. The summed E-state index contributed by atoms with van der Waals surface area (Å²) in [6.45, 7) is 1.94. The van der Waals surface area contributed by atoms with Crippen molar-refractivity contribution in [2.24, 2.45) is 0 Å². The first-order valence-electron chi connectivity index (χ1n) is 11.7. The number of nitrogens with zero attached hydrogens (tertiary/aromatic N) is 2. The lowest BCUT2D eigenvalue weighted by atomic mass is 9.94. The van der Waals surface area contributed by atoms with Gasteiger partial charge in [-0.3, -0.25) is 14.5 Å². The van der Waals surface area contributed by atoms with Gasteiger partial charge < -0.3 is 14.6 Å². The summed E-state index contributed by atoms with van der Waals surface area (Å²) in [7, 11) is 1.55. The lowest BCUT2D eigenvalue weighted by molar-refractivity contribution is -0.132. The maximum absolute atomic E-state index is 15.1. The summed E-state index contributed by atoms with van der Waals surface area (Å²) in [5.41, 5.74) is 1.72. The number of benzene rings is 3. The van der Waals surface area contributed by atoms with Gasteiger partial charge in [-0.2, -0.15) is 0 Å². The highest BCUT2D eigenvalue weighted by Gasteiger charge is 2.49. The molecule has 0 unspecified atom stereocenters. The Kier molecular flexibility index (Phi) is 5.45. The number of ether oxygens (including phenoxy) is 2. The predicted molar refractivity (Wildman–Crippen MR) is 138 cm³/mol. The monoisotopic (exact) mass is 516 g/mol. The highest BCUT2D eigenvalue weighted by molar-refractivity contribution is 7.22. The van der Waals surface area contributed by atoms with Crippen LogP contribution in [0, 0.1) is 5.82 Å². The summed E-state index contributed by atoms with van der Waals surface area (Å²) in [6.07, 6.45) is 0.644. The zero-order valence-electron chi connectivity index (χ0n) is 19.9. The van der Waals surface area contributed by atoms with E-state index < -0.39 is 23.5 Å². The van der Waals surface area contributed by atoms with Crippen LogP contribution >= 0.6 is 11.3 Å². The Morgan fingerprint density at radius 3 is 2.76 bits per heavy atom. The molecule has 9 heteroatoms. The van der Waals surface area contributed by atoms with Crippen LogP contribution in [-0.4, -0.2) is 35.0 Å². The topological polar surface area (TPSA) is 89.0 Å². The van der Waals surface area contributed by atoms with Crippen LogP contribution in [0.15, 0.2) is 66.2 Å². The van der Waals surface area contributed by atoms with Gasteiger partial charge in [0.05, 0.1) is 22.9 Å². The van der Waals surface area contributed by atoms with E-state index in [-0.39, 0.29) is 28.1 Å². The Labute approximate surface area is 215 Å². The molecule has 186 valence electrons. The van der Waals surface area contributed by atoms with Crippen LogP contribution in [0.1, 0.15) is 29.7 Å². The fourth-order valence-corrected chi connectivity index (χ4v) is 5.89. The second-order valence-electron chi connectivity index (χ2n) is 8.98. The van der Waals surface area contributed by atoms with Crippen molar-refractivity contribution in [2.45, 2.75) is 25.5 Å². The van der Waals surface area contributed by atoms with Crippen molar-refractivity contribution >= 4 is 44.1 Å². The number of ketones is 1. The molecule has 2 atom stereocenters. The van der Waals surface area contributed by atoms with Crippen LogP contribution in [0.25, 0.3) is 16.0 Å². The molecule has 1 amide bonds. The number of aromatic nitrogens is 1. The van der Waals surface area contributed by atoms with Gasteiger partial charge in [0, 0.05) is 17.5 Å². The van der Waals surface area contributed by atoms with Gasteiger partial charge in [-0.15, -0.1) is 0 Å². The van der Waals surface area contributed by atoms with Crippen molar-refractivity contribution in [3.63, 3.8) is 0 Å². The van der Waals surface area contributed by atoms with E-state index in [0.29, 0.717) is 29.0 Å². The Morgan fingerprint density at radius 2 is 1.97 bits per heavy atom. The van der Waals surface area contributed by atoms with E-state index in [2.05, 4.69) is 4.98 Å². The van der Waals surface area contributed by atoms with Crippen LogP contribution in [-0.2, 0) is 16.0 Å². The molecule has 0 saturated carbocycles. The number of hydrogen-bond donors (Lipinski definition) is 1. The third-order valence-corrected chi connectivity index (χ3v) is 7.62. The van der Waals surface area contributed by atoms with Crippen molar-refractivity contribution in [1.82, 2.24) is 4.98 Å². The molecule has 1 fully saturated rings. The zero-order valence-corrected chi connectivity index (χ0v) is 20.7. The van der Waals surface area contributed by atoms with Gasteiger partial charge in [-0.05, 0) is 55.0 Å². The van der Waals surface area contributed by atoms with E-state index in [1.165, 1.54) is 34.4 Å². The number of amides is 1. The van der Waals surface area contributed by atoms with Gasteiger partial charge in [-0.25, -0.2) is 9.37 Å². The fraction of sp³-hybridized carbons (Fsp3) is 0.179. The number of aliphatic hydroxyl groups is 1. The van der Waals surface area contributed by atoms with Crippen LogP contribution in [0.2, 0.25) is 0 Å². The van der Waals surface area contributed by atoms with Gasteiger partial charge in [0.15, 0.2) is 5.13 Å². The molecule has 1 aromatic heterocycles. The number of aliphatic hydroxyl groups excluding tert-OH is 1. The third-order valence-electron chi connectivity index (χ3n) is 6.60. The number of methoxy groups -OCH3 is 1. The number of anilines is 1. The first kappa shape index (κ1) is 23.2. The van der Waals surface area contributed by atoms with Crippen LogP contribution < -0.4 is 14.4 Å². The smallest absolute Gasteiger partial charge is 0.301 e. The second-order valence-corrected chi connectivity index (χ2v) is 9.98. The molecule has 7 nitrogen and oxygen atoms in total. The van der Waals surface area contributed by atoms with E-state index in [9.17, 15) is 14.7 Å². The van der Waals surface area contributed by atoms with Crippen molar-refractivity contribution < 1.29 is 28.6 Å². The average molecular weight is 517 g/mol. The highest BCUT2D eigenvalue weighted by Crippen LogP contribution is 2.45. The second kappa shape index (κ2) is 8.70. The van der Waals surface area contributed by atoms with Crippen molar-refractivity contribution in [2.75, 3.05) is 12.0 Å².